The standard InChI is InChI=1S/C19H16BrClN2O4/c20-8-9-26-18-16(21)14-7-6-13(10-15(14)17(24)27-18)23-19(25)22-11-12-4-2-1-3-5-12/h1-7,10H,8-9,11H2,(H2,22,23,25). The predicted octanol–water partition coefficient (Wildman–Crippen LogP) is 4.54. The van der Waals surface area contributed by atoms with E-state index in [4.69, 9.17) is 20.8 Å². The summed E-state index contributed by atoms with van der Waals surface area (Å²) in [6.45, 7) is 0.706. The van der Waals surface area contributed by atoms with Crippen molar-refractivity contribution in [2.75, 3.05) is 17.3 Å². The number of benzene rings is 2. The van der Waals surface area contributed by atoms with Crippen molar-refractivity contribution in [3.63, 3.8) is 0 Å². The van der Waals surface area contributed by atoms with E-state index in [0.717, 1.165) is 5.56 Å². The molecule has 6 nitrogen and oxygen atoms in total. The number of carbonyl (C=O) groups is 1. The average molecular weight is 452 g/mol. The summed E-state index contributed by atoms with van der Waals surface area (Å²) in [6.07, 6.45) is 0. The lowest BCUT2D eigenvalue weighted by molar-refractivity contribution is 0.249. The minimum Gasteiger partial charge on any atom is -0.463 e. The molecular formula is C19H16BrClN2O4. The van der Waals surface area contributed by atoms with E-state index in [1.54, 1.807) is 12.1 Å². The quantitative estimate of drug-likeness (QED) is 0.539. The number of amides is 2. The molecule has 1 heterocycles. The number of hydrogen-bond donors (Lipinski definition) is 2. The van der Waals surface area contributed by atoms with Crippen LogP contribution in [0.15, 0.2) is 57.7 Å². The van der Waals surface area contributed by atoms with Crippen LogP contribution in [0.5, 0.6) is 5.95 Å². The molecule has 2 aromatic carbocycles. The first kappa shape index (κ1) is 19.3. The Labute approximate surface area is 168 Å². The maximum Gasteiger partial charge on any atom is 0.346 e. The lowest BCUT2D eigenvalue weighted by atomic mass is 10.1. The van der Waals surface area contributed by atoms with Crippen LogP contribution < -0.4 is 21.0 Å². The number of carbonyl (C=O) groups excluding carboxylic acids is 1. The molecule has 140 valence electrons. The van der Waals surface area contributed by atoms with Crippen LogP contribution in [-0.4, -0.2) is 18.0 Å². The molecule has 2 amide bonds. The third-order valence-electron chi connectivity index (χ3n) is 3.70. The van der Waals surface area contributed by atoms with Crippen molar-refractivity contribution >= 4 is 50.0 Å². The number of halogens is 2. The Morgan fingerprint density at radius 1 is 1.15 bits per heavy atom. The molecule has 0 fully saturated rings. The highest BCUT2D eigenvalue weighted by Crippen LogP contribution is 2.31. The summed E-state index contributed by atoms with van der Waals surface area (Å²) in [4.78, 5) is 24.3. The van der Waals surface area contributed by atoms with Crippen LogP contribution >= 0.6 is 27.5 Å². The first-order valence-corrected chi connectivity index (χ1v) is 9.62. The van der Waals surface area contributed by atoms with Crippen molar-refractivity contribution < 1.29 is 13.9 Å². The van der Waals surface area contributed by atoms with Crippen molar-refractivity contribution in [1.29, 1.82) is 0 Å². The zero-order valence-electron chi connectivity index (χ0n) is 14.1. The fourth-order valence-electron chi connectivity index (χ4n) is 2.45. The van der Waals surface area contributed by atoms with Gasteiger partial charge in [-0.05, 0) is 17.7 Å². The van der Waals surface area contributed by atoms with Crippen molar-refractivity contribution in [1.82, 2.24) is 5.32 Å². The number of nitrogens with one attached hydrogen (secondary N) is 2. The van der Waals surface area contributed by atoms with E-state index >= 15 is 0 Å². The molecule has 0 aliphatic heterocycles. The lowest BCUT2D eigenvalue weighted by Gasteiger charge is -2.10. The van der Waals surface area contributed by atoms with Gasteiger partial charge < -0.3 is 19.8 Å². The molecular weight excluding hydrogens is 436 g/mol. The van der Waals surface area contributed by atoms with Crippen LogP contribution in [0.1, 0.15) is 5.56 Å². The Balaban J connectivity index is 1.75. The molecule has 0 saturated carbocycles. The zero-order chi connectivity index (χ0) is 19.2. The summed E-state index contributed by atoms with van der Waals surface area (Å²) < 4.78 is 10.4. The monoisotopic (exact) mass is 450 g/mol. The number of alkyl halides is 1. The van der Waals surface area contributed by atoms with Gasteiger partial charge in [-0.1, -0.05) is 63.9 Å². The van der Waals surface area contributed by atoms with Gasteiger partial charge in [0, 0.05) is 22.9 Å². The molecule has 27 heavy (non-hydrogen) atoms. The summed E-state index contributed by atoms with van der Waals surface area (Å²) in [5.74, 6) is -0.0186. The molecule has 3 aromatic rings. The fourth-order valence-corrected chi connectivity index (χ4v) is 2.87. The molecule has 0 aliphatic carbocycles. The van der Waals surface area contributed by atoms with Gasteiger partial charge in [0.2, 0.25) is 0 Å². The summed E-state index contributed by atoms with van der Waals surface area (Å²) in [7, 11) is 0. The largest absolute Gasteiger partial charge is 0.463 e. The second-order valence-electron chi connectivity index (χ2n) is 5.58. The van der Waals surface area contributed by atoms with Crippen LogP contribution in [0.4, 0.5) is 10.5 Å². The number of rotatable bonds is 6. The van der Waals surface area contributed by atoms with Crippen molar-refractivity contribution in [2.24, 2.45) is 0 Å². The van der Waals surface area contributed by atoms with E-state index in [1.165, 1.54) is 6.07 Å². The van der Waals surface area contributed by atoms with E-state index in [1.807, 2.05) is 30.3 Å². The fraction of sp³-hybridized carbons (Fsp3) is 0.158. The first-order chi connectivity index (χ1) is 13.1. The number of fused-ring (bicyclic) bond motifs is 1. The molecule has 0 aliphatic rings. The van der Waals surface area contributed by atoms with Crippen LogP contribution in [0.25, 0.3) is 10.8 Å². The number of hydrogen-bond acceptors (Lipinski definition) is 4. The maximum absolute atomic E-state index is 12.2. The zero-order valence-corrected chi connectivity index (χ0v) is 16.5. The molecule has 8 heteroatoms. The van der Waals surface area contributed by atoms with E-state index in [-0.39, 0.29) is 22.4 Å². The molecule has 1 aromatic heterocycles. The average Bonchev–Trinajstić information content (AvgIpc) is 2.69. The summed E-state index contributed by atoms with van der Waals surface area (Å²) >= 11 is 9.48. The molecule has 0 radical (unpaired) electrons. The predicted molar refractivity (Wildman–Crippen MR) is 109 cm³/mol. The van der Waals surface area contributed by atoms with Crippen LogP contribution in [0.2, 0.25) is 5.02 Å². The molecule has 0 bridgehead atoms. The van der Waals surface area contributed by atoms with E-state index < -0.39 is 5.63 Å². The van der Waals surface area contributed by atoms with Gasteiger partial charge in [0.1, 0.15) is 11.6 Å². The molecule has 3 rings (SSSR count). The Hall–Kier alpha value is -2.51. The van der Waals surface area contributed by atoms with Gasteiger partial charge in [-0.3, -0.25) is 0 Å². The molecule has 0 atom stereocenters. The number of anilines is 1. The Kier molecular flexibility index (Phi) is 6.36. The second-order valence-corrected chi connectivity index (χ2v) is 6.75. The summed E-state index contributed by atoms with van der Waals surface area (Å²) in [5.41, 5.74) is 0.840. The SMILES string of the molecule is O=C(NCc1ccccc1)Nc1ccc2c(Cl)c(OCCBr)oc(=O)c2c1. The third-order valence-corrected chi connectivity index (χ3v) is 4.39. The normalized spacial score (nSPS) is 10.6. The Morgan fingerprint density at radius 3 is 2.67 bits per heavy atom. The second kappa shape index (κ2) is 8.92. The van der Waals surface area contributed by atoms with Crippen molar-refractivity contribution in [3.8, 4) is 5.95 Å². The van der Waals surface area contributed by atoms with E-state index in [0.29, 0.717) is 29.6 Å². The number of ether oxygens (including phenoxy) is 1. The van der Waals surface area contributed by atoms with Crippen LogP contribution in [0.3, 0.4) is 0 Å². The minimum absolute atomic E-state index is 0.0186. The van der Waals surface area contributed by atoms with Crippen LogP contribution in [0, 0.1) is 0 Å². The van der Waals surface area contributed by atoms with Crippen molar-refractivity contribution in [3.05, 3.63) is 69.5 Å². The molecule has 2 N–H and O–H groups in total. The highest BCUT2D eigenvalue weighted by molar-refractivity contribution is 9.09. The highest BCUT2D eigenvalue weighted by Gasteiger charge is 2.14. The topological polar surface area (TPSA) is 80.6 Å². The van der Waals surface area contributed by atoms with Gasteiger partial charge in [-0.15, -0.1) is 0 Å². The van der Waals surface area contributed by atoms with Gasteiger partial charge in [0.15, 0.2) is 0 Å². The van der Waals surface area contributed by atoms with Gasteiger partial charge in [0.25, 0.3) is 0 Å². The van der Waals surface area contributed by atoms with Crippen molar-refractivity contribution in [2.45, 2.75) is 6.54 Å². The van der Waals surface area contributed by atoms with Gasteiger partial charge >= 0.3 is 17.6 Å². The first-order valence-electron chi connectivity index (χ1n) is 8.12. The van der Waals surface area contributed by atoms with Gasteiger partial charge in [-0.25, -0.2) is 9.59 Å². The molecule has 0 saturated heterocycles. The van der Waals surface area contributed by atoms with E-state index in [2.05, 4.69) is 26.6 Å². The molecule has 0 spiro atoms. The third kappa shape index (κ3) is 4.81. The number of urea groups is 1. The van der Waals surface area contributed by atoms with Crippen LogP contribution in [-0.2, 0) is 6.54 Å². The Morgan fingerprint density at radius 2 is 1.93 bits per heavy atom. The Bertz CT molecular complexity index is 1010. The summed E-state index contributed by atoms with van der Waals surface area (Å²) in [6, 6.07) is 14.0. The van der Waals surface area contributed by atoms with Gasteiger partial charge in [0.05, 0.1) is 5.39 Å². The van der Waals surface area contributed by atoms with Gasteiger partial charge in [-0.2, -0.15) is 0 Å². The molecule has 0 unspecified atom stereocenters. The van der Waals surface area contributed by atoms with E-state index in [9.17, 15) is 9.59 Å². The smallest absolute Gasteiger partial charge is 0.346 e. The highest BCUT2D eigenvalue weighted by atomic mass is 79.9. The minimum atomic E-state index is -0.590. The maximum atomic E-state index is 12.2. The lowest BCUT2D eigenvalue weighted by Crippen LogP contribution is -2.28. The summed E-state index contributed by atoms with van der Waals surface area (Å²) in [5, 5.41) is 6.98.